The lowest BCUT2D eigenvalue weighted by molar-refractivity contribution is -0.138. The van der Waals surface area contributed by atoms with Gasteiger partial charge in [-0.05, 0) is 32.9 Å². The molecule has 1 amide bonds. The number of nitrogens with zero attached hydrogens (tertiary/aromatic N) is 3. The van der Waals surface area contributed by atoms with Gasteiger partial charge < -0.3 is 20.4 Å². The molecule has 1 rings (SSSR count). The number of aliphatic imine (C=N–C) groups is 1. The molecule has 0 saturated heterocycles. The summed E-state index contributed by atoms with van der Waals surface area (Å²) >= 11 is 0. The second-order valence-corrected chi connectivity index (χ2v) is 8.10. The molecule has 1 atom stereocenters. The molecule has 1 aliphatic carbocycles. The first-order valence-electron chi connectivity index (χ1n) is 10.1. The monoisotopic (exact) mass is 495 g/mol. The van der Waals surface area contributed by atoms with Gasteiger partial charge in [-0.3, -0.25) is 9.79 Å². The summed E-state index contributed by atoms with van der Waals surface area (Å²) in [6.07, 6.45) is 6.53. The van der Waals surface area contributed by atoms with E-state index in [1.807, 2.05) is 14.1 Å². The first-order valence-corrected chi connectivity index (χ1v) is 10.1. The zero-order valence-electron chi connectivity index (χ0n) is 18.5. The van der Waals surface area contributed by atoms with Gasteiger partial charge >= 0.3 is 0 Å². The summed E-state index contributed by atoms with van der Waals surface area (Å²) < 4.78 is 0. The first kappa shape index (κ1) is 26.4. The maximum absolute atomic E-state index is 12.7. The van der Waals surface area contributed by atoms with Crippen LogP contribution in [0.15, 0.2) is 4.99 Å². The Hall–Kier alpha value is -0.570. The van der Waals surface area contributed by atoms with Crippen molar-refractivity contribution in [3.05, 3.63) is 0 Å². The first-order chi connectivity index (χ1) is 12.3. The number of hydrogen-bond acceptors (Lipinski definition) is 3. The van der Waals surface area contributed by atoms with Gasteiger partial charge in [0, 0.05) is 40.3 Å². The molecule has 0 bridgehead atoms. The van der Waals surface area contributed by atoms with Gasteiger partial charge in [0.25, 0.3) is 0 Å². The van der Waals surface area contributed by atoms with Crippen LogP contribution in [0.3, 0.4) is 0 Å². The molecule has 1 saturated carbocycles. The van der Waals surface area contributed by atoms with Crippen LogP contribution in [0.25, 0.3) is 0 Å². The van der Waals surface area contributed by atoms with Crippen molar-refractivity contribution in [3.63, 3.8) is 0 Å². The van der Waals surface area contributed by atoms with E-state index in [0.717, 1.165) is 38.2 Å². The van der Waals surface area contributed by atoms with Gasteiger partial charge in [0.1, 0.15) is 0 Å². The van der Waals surface area contributed by atoms with Gasteiger partial charge in [0.2, 0.25) is 5.91 Å². The number of carbonyl (C=O) groups excluding carboxylic acids is 1. The minimum atomic E-state index is -0.280. The molecule has 6 nitrogen and oxygen atoms in total. The highest BCUT2D eigenvalue weighted by molar-refractivity contribution is 14.0. The van der Waals surface area contributed by atoms with Gasteiger partial charge in [0.15, 0.2) is 5.96 Å². The quantitative estimate of drug-likeness (QED) is 0.294. The van der Waals surface area contributed by atoms with Crippen LogP contribution < -0.4 is 10.6 Å². The van der Waals surface area contributed by atoms with Crippen LogP contribution in [0.1, 0.15) is 52.4 Å². The Morgan fingerprint density at radius 1 is 1.07 bits per heavy atom. The molecule has 1 unspecified atom stereocenters. The summed E-state index contributed by atoms with van der Waals surface area (Å²) in [6, 6.07) is 0.465. The Labute approximate surface area is 183 Å². The molecule has 1 fully saturated rings. The average Bonchev–Trinajstić information content (AvgIpc) is 3.09. The second kappa shape index (κ2) is 12.8. The third kappa shape index (κ3) is 7.40. The van der Waals surface area contributed by atoms with Gasteiger partial charge in [-0.2, -0.15) is 0 Å². The van der Waals surface area contributed by atoms with Crippen molar-refractivity contribution < 1.29 is 4.79 Å². The molecule has 7 heteroatoms. The lowest BCUT2D eigenvalue weighted by atomic mass is 9.84. The van der Waals surface area contributed by atoms with Gasteiger partial charge in [-0.1, -0.05) is 39.5 Å². The zero-order valence-corrected chi connectivity index (χ0v) is 20.8. The normalized spacial score (nSPS) is 17.6. The SMILES string of the molecule is CCC(CC)C(CNC(=NC)NCC1(C(=O)N(C)C)CCCC1)N(C)C.I. The van der Waals surface area contributed by atoms with Gasteiger partial charge in [-0.15, -0.1) is 24.0 Å². The van der Waals surface area contributed by atoms with E-state index >= 15 is 0 Å². The Morgan fingerprint density at radius 2 is 1.63 bits per heavy atom. The zero-order chi connectivity index (χ0) is 19.7. The molecule has 2 N–H and O–H groups in total. The lowest BCUT2D eigenvalue weighted by Gasteiger charge is -2.33. The Kier molecular flexibility index (Phi) is 12.5. The summed E-state index contributed by atoms with van der Waals surface area (Å²) in [4.78, 5) is 21.1. The molecule has 0 heterocycles. The Balaban J connectivity index is 0.00000676. The number of carbonyl (C=O) groups is 1. The van der Waals surface area contributed by atoms with E-state index in [9.17, 15) is 4.79 Å². The summed E-state index contributed by atoms with van der Waals surface area (Å²) in [5.41, 5.74) is -0.280. The highest BCUT2D eigenvalue weighted by Gasteiger charge is 2.42. The van der Waals surface area contributed by atoms with E-state index in [1.165, 1.54) is 12.8 Å². The van der Waals surface area contributed by atoms with Gasteiger partial charge in [-0.25, -0.2) is 0 Å². The second-order valence-electron chi connectivity index (χ2n) is 8.10. The van der Waals surface area contributed by atoms with E-state index in [1.54, 1.807) is 11.9 Å². The number of rotatable bonds is 9. The van der Waals surface area contributed by atoms with E-state index in [-0.39, 0.29) is 35.3 Å². The molecule has 160 valence electrons. The van der Waals surface area contributed by atoms with Crippen molar-refractivity contribution in [2.75, 3.05) is 48.3 Å². The Bertz CT molecular complexity index is 457. The summed E-state index contributed by atoms with van der Waals surface area (Å²) in [7, 11) is 9.79. The maximum atomic E-state index is 12.7. The average molecular weight is 495 g/mol. The number of hydrogen-bond donors (Lipinski definition) is 2. The number of halogens is 1. The van der Waals surface area contributed by atoms with Crippen LogP contribution in [0, 0.1) is 11.3 Å². The molecular formula is C20H42IN5O. The van der Waals surface area contributed by atoms with Crippen LogP contribution in [-0.4, -0.2) is 76.0 Å². The smallest absolute Gasteiger partial charge is 0.230 e. The maximum Gasteiger partial charge on any atom is 0.230 e. The van der Waals surface area contributed by atoms with E-state index in [4.69, 9.17) is 0 Å². The molecule has 0 spiro atoms. The number of likely N-dealkylation sites (N-methyl/N-ethyl adjacent to an activating group) is 1. The van der Waals surface area contributed by atoms with E-state index in [0.29, 0.717) is 18.5 Å². The summed E-state index contributed by atoms with van der Waals surface area (Å²) in [5, 5.41) is 6.91. The van der Waals surface area contributed by atoms with Crippen LogP contribution in [0.5, 0.6) is 0 Å². The van der Waals surface area contributed by atoms with E-state index in [2.05, 4.69) is 48.5 Å². The van der Waals surface area contributed by atoms with Crippen molar-refractivity contribution in [1.29, 1.82) is 0 Å². The topological polar surface area (TPSA) is 60.0 Å². The lowest BCUT2D eigenvalue weighted by Crippen LogP contribution is -2.51. The number of amides is 1. The fourth-order valence-corrected chi connectivity index (χ4v) is 4.27. The predicted molar refractivity (Wildman–Crippen MR) is 126 cm³/mol. The van der Waals surface area contributed by atoms with Crippen LogP contribution >= 0.6 is 24.0 Å². The third-order valence-corrected chi connectivity index (χ3v) is 5.97. The molecule has 0 radical (unpaired) electrons. The predicted octanol–water partition coefficient (Wildman–Crippen LogP) is 2.78. The van der Waals surface area contributed by atoms with Crippen molar-refractivity contribution in [2.45, 2.75) is 58.4 Å². The molecule has 0 aliphatic heterocycles. The molecular weight excluding hydrogens is 453 g/mol. The highest BCUT2D eigenvalue weighted by atomic mass is 127. The molecule has 0 aromatic carbocycles. The highest BCUT2D eigenvalue weighted by Crippen LogP contribution is 2.38. The fraction of sp³-hybridized carbons (Fsp3) is 0.900. The van der Waals surface area contributed by atoms with Crippen molar-refractivity contribution in [2.24, 2.45) is 16.3 Å². The minimum Gasteiger partial charge on any atom is -0.355 e. The van der Waals surface area contributed by atoms with Crippen LogP contribution in [0.4, 0.5) is 0 Å². The largest absolute Gasteiger partial charge is 0.355 e. The summed E-state index contributed by atoms with van der Waals surface area (Å²) in [6.45, 7) is 6.03. The molecule has 1 aliphatic rings. The van der Waals surface area contributed by atoms with Crippen LogP contribution in [-0.2, 0) is 4.79 Å². The Morgan fingerprint density at radius 3 is 2.04 bits per heavy atom. The van der Waals surface area contributed by atoms with Crippen LogP contribution in [0.2, 0.25) is 0 Å². The molecule has 27 heavy (non-hydrogen) atoms. The minimum absolute atomic E-state index is 0. The molecule has 0 aromatic rings. The summed E-state index contributed by atoms with van der Waals surface area (Å²) in [5.74, 6) is 1.69. The number of guanidine groups is 1. The number of nitrogens with one attached hydrogen (secondary N) is 2. The van der Waals surface area contributed by atoms with Crippen molar-refractivity contribution >= 4 is 35.8 Å². The van der Waals surface area contributed by atoms with Gasteiger partial charge in [0.05, 0.1) is 5.41 Å². The standard InChI is InChI=1S/C20H41N5O.HI/c1-8-16(9-2)17(24(4)5)14-22-19(21-3)23-15-20(12-10-11-13-20)18(26)25(6)7;/h16-17H,8-15H2,1-7H3,(H2,21,22,23);1H. The van der Waals surface area contributed by atoms with Crippen molar-refractivity contribution in [3.8, 4) is 0 Å². The van der Waals surface area contributed by atoms with E-state index < -0.39 is 0 Å². The third-order valence-electron chi connectivity index (χ3n) is 5.97. The fourth-order valence-electron chi connectivity index (χ4n) is 4.27. The molecule has 0 aromatic heterocycles. The van der Waals surface area contributed by atoms with Crippen molar-refractivity contribution in [1.82, 2.24) is 20.4 Å².